The van der Waals surface area contributed by atoms with Crippen LogP contribution in [0.25, 0.3) is 32.9 Å². The van der Waals surface area contributed by atoms with E-state index >= 15 is 0 Å². The molecule has 22 heavy (non-hydrogen) atoms. The minimum atomic E-state index is 1.06. The number of rotatable bonds is 1. The van der Waals surface area contributed by atoms with Crippen LogP contribution >= 0.6 is 0 Å². The second kappa shape index (κ2) is 4.96. The van der Waals surface area contributed by atoms with Gasteiger partial charge in [0.15, 0.2) is 0 Å². The first-order valence-corrected chi connectivity index (χ1v) is 7.58. The summed E-state index contributed by atoms with van der Waals surface area (Å²) >= 11 is 0. The quantitative estimate of drug-likeness (QED) is 0.410. The number of aromatic nitrogens is 1. The molecule has 0 spiro atoms. The fraction of sp³-hybridized carbons (Fsp3) is 0.0952. The molecule has 4 aromatic rings. The summed E-state index contributed by atoms with van der Waals surface area (Å²) in [5.41, 5.74) is 5.82. The van der Waals surface area contributed by atoms with E-state index in [4.69, 9.17) is 4.98 Å². The SMILES string of the molecule is Cc1cccc(-c2nc3ccc(C)cc3c3ccccc23)c1. The topological polar surface area (TPSA) is 12.9 Å². The molecule has 0 aliphatic carbocycles. The van der Waals surface area contributed by atoms with Gasteiger partial charge in [0, 0.05) is 16.3 Å². The molecule has 1 heteroatoms. The molecular weight excluding hydrogens is 266 g/mol. The Morgan fingerprint density at radius 3 is 2.23 bits per heavy atom. The van der Waals surface area contributed by atoms with Gasteiger partial charge in [-0.3, -0.25) is 0 Å². The number of benzene rings is 3. The van der Waals surface area contributed by atoms with Gasteiger partial charge >= 0.3 is 0 Å². The first-order valence-electron chi connectivity index (χ1n) is 7.58. The molecule has 0 fully saturated rings. The van der Waals surface area contributed by atoms with Crippen molar-refractivity contribution in [3.8, 4) is 11.3 Å². The molecule has 1 aromatic heterocycles. The average Bonchev–Trinajstić information content (AvgIpc) is 2.54. The van der Waals surface area contributed by atoms with Gasteiger partial charge in [-0.05, 0) is 37.4 Å². The van der Waals surface area contributed by atoms with Crippen LogP contribution in [-0.2, 0) is 0 Å². The van der Waals surface area contributed by atoms with Gasteiger partial charge in [0.25, 0.3) is 0 Å². The molecule has 106 valence electrons. The lowest BCUT2D eigenvalue weighted by Gasteiger charge is -2.11. The third-order valence-corrected chi connectivity index (χ3v) is 4.15. The molecule has 0 saturated carbocycles. The maximum absolute atomic E-state index is 4.96. The molecule has 0 radical (unpaired) electrons. The summed E-state index contributed by atoms with van der Waals surface area (Å²) in [4.78, 5) is 4.96. The third-order valence-electron chi connectivity index (χ3n) is 4.15. The van der Waals surface area contributed by atoms with Crippen LogP contribution in [0.15, 0.2) is 66.7 Å². The van der Waals surface area contributed by atoms with Crippen LogP contribution in [0.2, 0.25) is 0 Å². The molecule has 0 aliphatic heterocycles. The van der Waals surface area contributed by atoms with E-state index in [2.05, 4.69) is 80.6 Å². The molecule has 1 heterocycles. The van der Waals surface area contributed by atoms with Gasteiger partial charge < -0.3 is 0 Å². The Balaban J connectivity index is 2.16. The summed E-state index contributed by atoms with van der Waals surface area (Å²) in [7, 11) is 0. The van der Waals surface area contributed by atoms with Crippen LogP contribution in [0.4, 0.5) is 0 Å². The van der Waals surface area contributed by atoms with Crippen molar-refractivity contribution in [2.45, 2.75) is 13.8 Å². The van der Waals surface area contributed by atoms with E-state index in [0.29, 0.717) is 0 Å². The summed E-state index contributed by atoms with van der Waals surface area (Å²) in [5, 5.41) is 3.71. The van der Waals surface area contributed by atoms with Gasteiger partial charge in [-0.25, -0.2) is 4.98 Å². The molecule has 0 aliphatic rings. The van der Waals surface area contributed by atoms with Gasteiger partial charge in [-0.15, -0.1) is 0 Å². The van der Waals surface area contributed by atoms with Crippen LogP contribution in [-0.4, -0.2) is 4.98 Å². The van der Waals surface area contributed by atoms with Crippen molar-refractivity contribution < 1.29 is 0 Å². The summed E-state index contributed by atoms with van der Waals surface area (Å²) < 4.78 is 0. The third kappa shape index (κ3) is 2.06. The van der Waals surface area contributed by atoms with E-state index in [9.17, 15) is 0 Å². The van der Waals surface area contributed by atoms with Crippen LogP contribution in [0.3, 0.4) is 0 Å². The number of hydrogen-bond acceptors (Lipinski definition) is 1. The largest absolute Gasteiger partial charge is 0.247 e. The van der Waals surface area contributed by atoms with Crippen LogP contribution < -0.4 is 0 Å². The lowest BCUT2D eigenvalue weighted by molar-refractivity contribution is 1.39. The van der Waals surface area contributed by atoms with Gasteiger partial charge in [-0.2, -0.15) is 0 Å². The second-order valence-corrected chi connectivity index (χ2v) is 5.90. The highest BCUT2D eigenvalue weighted by Gasteiger charge is 2.10. The predicted molar refractivity (Wildman–Crippen MR) is 94.2 cm³/mol. The molecule has 1 nitrogen and oxygen atoms in total. The number of aryl methyl sites for hydroxylation is 2. The molecule has 0 amide bonds. The molecule has 0 atom stereocenters. The van der Waals surface area contributed by atoms with E-state index < -0.39 is 0 Å². The van der Waals surface area contributed by atoms with Crippen LogP contribution in [0.1, 0.15) is 11.1 Å². The number of nitrogens with zero attached hydrogens (tertiary/aromatic N) is 1. The zero-order chi connectivity index (χ0) is 15.1. The van der Waals surface area contributed by atoms with Crippen molar-refractivity contribution in [1.82, 2.24) is 4.98 Å². The molecule has 0 N–H and O–H groups in total. The van der Waals surface area contributed by atoms with E-state index in [-0.39, 0.29) is 0 Å². The lowest BCUT2D eigenvalue weighted by Crippen LogP contribution is -1.90. The van der Waals surface area contributed by atoms with Crippen molar-refractivity contribution in [3.05, 3.63) is 77.9 Å². The Bertz CT molecular complexity index is 999. The summed E-state index contributed by atoms with van der Waals surface area (Å²) in [6, 6.07) is 23.6. The van der Waals surface area contributed by atoms with Crippen molar-refractivity contribution in [1.29, 1.82) is 0 Å². The molecule has 0 bridgehead atoms. The van der Waals surface area contributed by atoms with Gasteiger partial charge in [-0.1, -0.05) is 59.7 Å². The standard InChI is InChI=1S/C21H17N/c1-14-6-5-7-16(12-14)21-18-9-4-3-8-17(18)19-13-15(2)10-11-20(19)22-21/h3-13H,1-2H3. The Hall–Kier alpha value is -2.67. The van der Waals surface area contributed by atoms with E-state index in [1.165, 1.54) is 32.8 Å². The minimum Gasteiger partial charge on any atom is -0.247 e. The summed E-state index contributed by atoms with van der Waals surface area (Å²) in [6.07, 6.45) is 0. The van der Waals surface area contributed by atoms with Crippen molar-refractivity contribution >= 4 is 21.7 Å². The molecule has 0 unspecified atom stereocenters. The maximum Gasteiger partial charge on any atom is 0.0788 e. The monoisotopic (exact) mass is 283 g/mol. The summed E-state index contributed by atoms with van der Waals surface area (Å²) in [6.45, 7) is 4.25. The van der Waals surface area contributed by atoms with Crippen LogP contribution in [0.5, 0.6) is 0 Å². The highest BCUT2D eigenvalue weighted by atomic mass is 14.7. The van der Waals surface area contributed by atoms with E-state index in [1.807, 2.05) is 0 Å². The average molecular weight is 283 g/mol. The molecule has 0 saturated heterocycles. The van der Waals surface area contributed by atoms with Gasteiger partial charge in [0.1, 0.15) is 0 Å². The van der Waals surface area contributed by atoms with E-state index in [0.717, 1.165) is 11.2 Å². The Kier molecular flexibility index (Phi) is 2.93. The second-order valence-electron chi connectivity index (χ2n) is 5.90. The maximum atomic E-state index is 4.96. The summed E-state index contributed by atoms with van der Waals surface area (Å²) in [5.74, 6) is 0. The highest BCUT2D eigenvalue weighted by Crippen LogP contribution is 2.32. The number of fused-ring (bicyclic) bond motifs is 3. The fourth-order valence-electron chi connectivity index (χ4n) is 3.08. The van der Waals surface area contributed by atoms with E-state index in [1.54, 1.807) is 0 Å². The smallest absolute Gasteiger partial charge is 0.0788 e. The minimum absolute atomic E-state index is 1.06. The van der Waals surface area contributed by atoms with Gasteiger partial charge in [0.05, 0.1) is 11.2 Å². The predicted octanol–water partition coefficient (Wildman–Crippen LogP) is 5.67. The van der Waals surface area contributed by atoms with Crippen LogP contribution in [0, 0.1) is 13.8 Å². The molecule has 4 rings (SSSR count). The Morgan fingerprint density at radius 1 is 0.636 bits per heavy atom. The Morgan fingerprint density at radius 2 is 1.41 bits per heavy atom. The highest BCUT2D eigenvalue weighted by molar-refractivity contribution is 6.10. The lowest BCUT2D eigenvalue weighted by atomic mass is 9.98. The zero-order valence-corrected chi connectivity index (χ0v) is 12.8. The van der Waals surface area contributed by atoms with Crippen molar-refractivity contribution in [2.75, 3.05) is 0 Å². The fourth-order valence-corrected chi connectivity index (χ4v) is 3.08. The molecule has 3 aromatic carbocycles. The Labute approximate surface area is 130 Å². The first-order chi connectivity index (χ1) is 10.7. The number of hydrogen-bond donors (Lipinski definition) is 0. The zero-order valence-electron chi connectivity index (χ0n) is 12.8. The van der Waals surface area contributed by atoms with Gasteiger partial charge in [0.2, 0.25) is 0 Å². The normalized spacial score (nSPS) is 11.2. The number of pyridine rings is 1. The van der Waals surface area contributed by atoms with Crippen molar-refractivity contribution in [2.24, 2.45) is 0 Å². The molecular formula is C21H17N. The van der Waals surface area contributed by atoms with Crippen molar-refractivity contribution in [3.63, 3.8) is 0 Å². The first kappa shape index (κ1) is 13.0.